The van der Waals surface area contributed by atoms with Crippen LogP contribution < -0.4 is 5.32 Å². The van der Waals surface area contributed by atoms with E-state index in [1.807, 2.05) is 0 Å². The first-order valence-corrected chi connectivity index (χ1v) is 7.11. The van der Waals surface area contributed by atoms with Crippen LogP contribution in [0.3, 0.4) is 0 Å². The van der Waals surface area contributed by atoms with E-state index in [4.69, 9.17) is 5.11 Å². The van der Waals surface area contributed by atoms with Gasteiger partial charge in [0, 0.05) is 12.6 Å². The predicted molar refractivity (Wildman–Crippen MR) is 68.4 cm³/mol. The van der Waals surface area contributed by atoms with E-state index >= 15 is 0 Å². The number of nitrogens with one attached hydrogen (secondary N) is 1. The normalized spacial score (nSPS) is 24.4. The Kier molecular flexibility index (Phi) is 5.44. The maximum absolute atomic E-state index is 9.05. The average molecular weight is 231 g/mol. The Bertz CT molecular complexity index is 173. The van der Waals surface area contributed by atoms with Gasteiger partial charge in [0.15, 0.2) is 0 Å². The smallest absolute Gasteiger partial charge is 0.0446 e. The second kappa shape index (κ2) is 6.12. The minimum Gasteiger partial charge on any atom is -0.396 e. The molecule has 0 aromatic carbocycles. The van der Waals surface area contributed by atoms with Gasteiger partial charge in [-0.05, 0) is 42.2 Å². The Balaban J connectivity index is 2.30. The van der Waals surface area contributed by atoms with E-state index in [1.165, 1.54) is 17.9 Å². The number of thioether (sulfide) groups is 1. The minimum atomic E-state index is 0.245. The summed E-state index contributed by atoms with van der Waals surface area (Å²) < 4.78 is 0. The quantitative estimate of drug-likeness (QED) is 0.760. The summed E-state index contributed by atoms with van der Waals surface area (Å²) in [7, 11) is 0. The summed E-state index contributed by atoms with van der Waals surface area (Å²) in [5.74, 6) is 3.48. The van der Waals surface area contributed by atoms with Crippen molar-refractivity contribution >= 4 is 11.8 Å². The van der Waals surface area contributed by atoms with Gasteiger partial charge in [0.1, 0.15) is 0 Å². The molecule has 0 amide bonds. The molecule has 3 heteroatoms. The van der Waals surface area contributed by atoms with Gasteiger partial charge in [0.25, 0.3) is 0 Å². The van der Waals surface area contributed by atoms with Gasteiger partial charge in [-0.2, -0.15) is 11.8 Å². The Morgan fingerprint density at radius 1 is 1.47 bits per heavy atom. The molecule has 0 aliphatic carbocycles. The van der Waals surface area contributed by atoms with Crippen molar-refractivity contribution in [2.75, 3.05) is 24.7 Å². The van der Waals surface area contributed by atoms with Crippen LogP contribution in [0.15, 0.2) is 0 Å². The zero-order valence-corrected chi connectivity index (χ0v) is 11.1. The van der Waals surface area contributed by atoms with Crippen LogP contribution in [0.4, 0.5) is 0 Å². The van der Waals surface area contributed by atoms with Crippen LogP contribution in [0.2, 0.25) is 0 Å². The molecule has 1 aliphatic rings. The lowest BCUT2D eigenvalue weighted by Gasteiger charge is -2.32. The van der Waals surface area contributed by atoms with Crippen LogP contribution in [0.25, 0.3) is 0 Å². The van der Waals surface area contributed by atoms with Crippen LogP contribution >= 0.6 is 11.8 Å². The van der Waals surface area contributed by atoms with Crippen molar-refractivity contribution in [2.24, 2.45) is 11.3 Å². The molecule has 1 heterocycles. The fourth-order valence-corrected chi connectivity index (χ4v) is 3.31. The lowest BCUT2D eigenvalue weighted by molar-refractivity contribution is 0.193. The highest BCUT2D eigenvalue weighted by Crippen LogP contribution is 2.25. The molecular formula is C12H25NOS. The van der Waals surface area contributed by atoms with Crippen molar-refractivity contribution in [1.82, 2.24) is 5.32 Å². The van der Waals surface area contributed by atoms with E-state index in [0.29, 0.717) is 6.04 Å². The van der Waals surface area contributed by atoms with Crippen molar-refractivity contribution < 1.29 is 5.11 Å². The van der Waals surface area contributed by atoms with E-state index in [9.17, 15) is 0 Å². The van der Waals surface area contributed by atoms with Crippen LogP contribution in [-0.4, -0.2) is 35.8 Å². The zero-order valence-electron chi connectivity index (χ0n) is 10.3. The summed E-state index contributed by atoms with van der Waals surface area (Å²) in [5, 5.41) is 12.7. The summed E-state index contributed by atoms with van der Waals surface area (Å²) in [5.41, 5.74) is 0.245. The average Bonchev–Trinajstić information content (AvgIpc) is 2.62. The molecule has 2 N–H and O–H groups in total. The highest BCUT2D eigenvalue weighted by molar-refractivity contribution is 7.99. The molecule has 0 bridgehead atoms. The van der Waals surface area contributed by atoms with Crippen molar-refractivity contribution in [1.29, 1.82) is 0 Å². The lowest BCUT2D eigenvalue weighted by Crippen LogP contribution is -2.43. The maximum Gasteiger partial charge on any atom is 0.0446 e. The molecule has 0 aromatic rings. The van der Waals surface area contributed by atoms with Crippen LogP contribution in [0.1, 0.15) is 33.6 Å². The van der Waals surface area contributed by atoms with Gasteiger partial charge < -0.3 is 10.4 Å². The molecule has 0 radical (unpaired) electrons. The zero-order chi connectivity index (χ0) is 11.3. The van der Waals surface area contributed by atoms with Gasteiger partial charge in [-0.3, -0.25) is 0 Å². The summed E-state index contributed by atoms with van der Waals surface area (Å²) in [4.78, 5) is 0. The van der Waals surface area contributed by atoms with Crippen LogP contribution in [-0.2, 0) is 0 Å². The predicted octanol–water partition coefficient (Wildman–Crippen LogP) is 2.13. The second-order valence-corrected chi connectivity index (χ2v) is 6.72. The Labute approximate surface area is 98.2 Å². The van der Waals surface area contributed by atoms with Crippen molar-refractivity contribution in [2.45, 2.75) is 39.7 Å². The third-order valence-corrected chi connectivity index (χ3v) is 4.37. The topological polar surface area (TPSA) is 32.3 Å². The Hall–Kier alpha value is 0.270. The number of rotatable bonds is 5. The molecule has 2 unspecified atom stereocenters. The second-order valence-electron chi connectivity index (χ2n) is 5.57. The monoisotopic (exact) mass is 231 g/mol. The molecule has 1 fully saturated rings. The fourth-order valence-electron chi connectivity index (χ4n) is 2.02. The summed E-state index contributed by atoms with van der Waals surface area (Å²) in [6, 6.07) is 0.438. The number of aliphatic hydroxyl groups is 1. The molecule has 2 nitrogen and oxygen atoms in total. The van der Waals surface area contributed by atoms with E-state index in [0.717, 1.165) is 18.9 Å². The fraction of sp³-hybridized carbons (Fsp3) is 1.00. The third-order valence-electron chi connectivity index (χ3n) is 3.14. The van der Waals surface area contributed by atoms with Crippen LogP contribution in [0, 0.1) is 11.3 Å². The Morgan fingerprint density at radius 2 is 2.20 bits per heavy atom. The van der Waals surface area contributed by atoms with Gasteiger partial charge >= 0.3 is 0 Å². The first kappa shape index (κ1) is 13.3. The third kappa shape index (κ3) is 4.75. The first-order chi connectivity index (χ1) is 7.04. The summed E-state index contributed by atoms with van der Waals surface area (Å²) in [6.07, 6.45) is 2.22. The van der Waals surface area contributed by atoms with E-state index in [-0.39, 0.29) is 12.0 Å². The van der Waals surface area contributed by atoms with Gasteiger partial charge in [-0.15, -0.1) is 0 Å². The molecule has 90 valence electrons. The standard InChI is InChI=1S/C12H25NOS/c1-12(2,3)11(4-6-14)13-8-10-5-7-15-9-10/h10-11,13-14H,4-9H2,1-3H3. The summed E-state index contributed by atoms with van der Waals surface area (Å²) in [6.45, 7) is 8.13. The van der Waals surface area contributed by atoms with Crippen molar-refractivity contribution in [3.63, 3.8) is 0 Å². The minimum absolute atomic E-state index is 0.245. The highest BCUT2D eigenvalue weighted by Gasteiger charge is 2.25. The van der Waals surface area contributed by atoms with Crippen molar-refractivity contribution in [3.05, 3.63) is 0 Å². The maximum atomic E-state index is 9.05. The first-order valence-electron chi connectivity index (χ1n) is 5.96. The Morgan fingerprint density at radius 3 is 2.67 bits per heavy atom. The molecule has 0 spiro atoms. The van der Waals surface area contributed by atoms with Crippen molar-refractivity contribution in [3.8, 4) is 0 Å². The summed E-state index contributed by atoms with van der Waals surface area (Å²) >= 11 is 2.07. The lowest BCUT2D eigenvalue weighted by atomic mass is 9.84. The molecule has 2 atom stereocenters. The molecule has 1 rings (SSSR count). The number of hydrogen-bond acceptors (Lipinski definition) is 3. The molecule has 1 saturated heterocycles. The van der Waals surface area contributed by atoms with Crippen LogP contribution in [0.5, 0.6) is 0 Å². The van der Waals surface area contributed by atoms with Gasteiger partial charge in [0.2, 0.25) is 0 Å². The molecule has 15 heavy (non-hydrogen) atoms. The van der Waals surface area contributed by atoms with E-state index in [2.05, 4.69) is 37.8 Å². The molecule has 0 saturated carbocycles. The SMILES string of the molecule is CC(C)(C)C(CCO)NCC1CCSC1. The van der Waals surface area contributed by atoms with E-state index < -0.39 is 0 Å². The number of hydrogen-bond donors (Lipinski definition) is 2. The van der Waals surface area contributed by atoms with Gasteiger partial charge in [-0.1, -0.05) is 20.8 Å². The molecule has 0 aromatic heterocycles. The van der Waals surface area contributed by atoms with Gasteiger partial charge in [-0.25, -0.2) is 0 Å². The number of aliphatic hydroxyl groups excluding tert-OH is 1. The highest BCUT2D eigenvalue weighted by atomic mass is 32.2. The molecular weight excluding hydrogens is 206 g/mol. The molecule has 1 aliphatic heterocycles. The van der Waals surface area contributed by atoms with E-state index in [1.54, 1.807) is 0 Å². The van der Waals surface area contributed by atoms with Gasteiger partial charge in [0.05, 0.1) is 0 Å². The largest absolute Gasteiger partial charge is 0.396 e.